The van der Waals surface area contributed by atoms with Crippen LogP contribution in [0.4, 0.5) is 11.4 Å². The van der Waals surface area contributed by atoms with Gasteiger partial charge in [-0.3, -0.25) is 10.1 Å². The minimum atomic E-state index is -0.632. The van der Waals surface area contributed by atoms with Crippen molar-refractivity contribution in [1.29, 1.82) is 5.26 Å². The third kappa shape index (κ3) is 2.96. The quantitative estimate of drug-likeness (QED) is 0.628. The lowest BCUT2D eigenvalue weighted by molar-refractivity contribution is -0.385. The molecule has 1 unspecified atom stereocenters. The lowest BCUT2D eigenvalue weighted by Gasteiger charge is -2.30. The van der Waals surface area contributed by atoms with Gasteiger partial charge in [-0.1, -0.05) is 0 Å². The van der Waals surface area contributed by atoms with Gasteiger partial charge in [-0.15, -0.1) is 0 Å². The number of hydrogen-bond acceptors (Lipinski definition) is 5. The molecule has 6 heteroatoms. The third-order valence-electron chi connectivity index (χ3n) is 2.83. The van der Waals surface area contributed by atoms with Crippen molar-refractivity contribution in [1.82, 2.24) is 0 Å². The Morgan fingerprint density at radius 3 is 2.61 bits per heavy atom. The van der Waals surface area contributed by atoms with Crippen LogP contribution in [0.1, 0.15) is 26.3 Å². The number of nitro benzene ring substituents is 1. The number of nitrogens with one attached hydrogen (secondary N) is 1. The van der Waals surface area contributed by atoms with Crippen molar-refractivity contribution in [2.24, 2.45) is 0 Å². The molecule has 2 N–H and O–H groups in total. The standard InChI is InChI=1S/C12H15N3O3/c1-8(16)12(2,3)14-10-5-4-9(7-13)11(6-10)15(17)18/h4-6,8,14,16H,1-3H3. The summed E-state index contributed by atoms with van der Waals surface area (Å²) in [5.41, 5.74) is -0.363. The molecule has 1 atom stereocenters. The first-order chi connectivity index (χ1) is 8.27. The second kappa shape index (κ2) is 5.02. The van der Waals surface area contributed by atoms with Gasteiger partial charge in [-0.05, 0) is 32.9 Å². The van der Waals surface area contributed by atoms with Crippen molar-refractivity contribution in [3.8, 4) is 6.07 Å². The molecular weight excluding hydrogens is 234 g/mol. The average Bonchev–Trinajstić information content (AvgIpc) is 2.28. The van der Waals surface area contributed by atoms with Gasteiger partial charge in [-0.25, -0.2) is 0 Å². The van der Waals surface area contributed by atoms with Gasteiger partial charge in [0.25, 0.3) is 5.69 Å². The van der Waals surface area contributed by atoms with Crippen LogP contribution >= 0.6 is 0 Å². The maximum Gasteiger partial charge on any atom is 0.289 e. The summed E-state index contributed by atoms with van der Waals surface area (Å²) in [6, 6.07) is 6.03. The van der Waals surface area contributed by atoms with Crippen LogP contribution in [0.5, 0.6) is 0 Å². The molecule has 0 saturated carbocycles. The number of hydrogen-bond donors (Lipinski definition) is 2. The number of nitriles is 1. The summed E-state index contributed by atoms with van der Waals surface area (Å²) in [5.74, 6) is 0. The highest BCUT2D eigenvalue weighted by molar-refractivity contribution is 5.59. The van der Waals surface area contributed by atoms with Gasteiger partial charge in [0.15, 0.2) is 0 Å². The van der Waals surface area contributed by atoms with Crippen molar-refractivity contribution in [3.63, 3.8) is 0 Å². The van der Waals surface area contributed by atoms with Crippen LogP contribution in [0.25, 0.3) is 0 Å². The lowest BCUT2D eigenvalue weighted by Crippen LogP contribution is -2.41. The van der Waals surface area contributed by atoms with Crippen LogP contribution in [-0.4, -0.2) is 21.7 Å². The largest absolute Gasteiger partial charge is 0.391 e. The molecule has 18 heavy (non-hydrogen) atoms. The number of nitro groups is 1. The first kappa shape index (κ1) is 13.9. The molecule has 0 aliphatic carbocycles. The van der Waals surface area contributed by atoms with E-state index in [1.807, 2.05) is 0 Å². The van der Waals surface area contributed by atoms with Crippen LogP contribution in [-0.2, 0) is 0 Å². The SMILES string of the molecule is CC(O)C(C)(C)Nc1ccc(C#N)c([N+](=O)[O-])c1. The number of aliphatic hydroxyl groups is 1. The van der Waals surface area contributed by atoms with Crippen molar-refractivity contribution >= 4 is 11.4 Å². The van der Waals surface area contributed by atoms with Gasteiger partial charge in [0.2, 0.25) is 0 Å². The Labute approximate surface area is 105 Å². The fraction of sp³-hybridized carbons (Fsp3) is 0.417. The second-order valence-electron chi connectivity index (χ2n) is 4.62. The Balaban J connectivity index is 3.11. The molecule has 0 fully saturated rings. The minimum absolute atomic E-state index is 0.0143. The van der Waals surface area contributed by atoms with E-state index in [1.165, 1.54) is 12.1 Å². The predicted molar refractivity (Wildman–Crippen MR) is 67.2 cm³/mol. The molecule has 0 spiro atoms. The molecule has 96 valence electrons. The molecule has 0 bridgehead atoms. The van der Waals surface area contributed by atoms with E-state index in [-0.39, 0.29) is 11.3 Å². The highest BCUT2D eigenvalue weighted by Gasteiger charge is 2.24. The number of rotatable bonds is 4. The molecule has 1 aromatic rings. The Bertz CT molecular complexity index is 504. The lowest BCUT2D eigenvalue weighted by atomic mass is 9.98. The molecular formula is C12H15N3O3. The van der Waals surface area contributed by atoms with Crippen molar-refractivity contribution in [3.05, 3.63) is 33.9 Å². The van der Waals surface area contributed by atoms with E-state index < -0.39 is 16.6 Å². The van der Waals surface area contributed by atoms with E-state index >= 15 is 0 Å². The van der Waals surface area contributed by atoms with E-state index in [2.05, 4.69) is 5.32 Å². The topological polar surface area (TPSA) is 99.2 Å². The summed E-state index contributed by atoms with van der Waals surface area (Å²) in [4.78, 5) is 10.2. The normalized spacial score (nSPS) is 12.6. The zero-order valence-electron chi connectivity index (χ0n) is 10.5. The molecule has 1 aromatic carbocycles. The maximum absolute atomic E-state index is 10.8. The van der Waals surface area contributed by atoms with Crippen LogP contribution in [0.2, 0.25) is 0 Å². The summed E-state index contributed by atoms with van der Waals surface area (Å²) < 4.78 is 0. The van der Waals surface area contributed by atoms with Gasteiger partial charge >= 0.3 is 0 Å². The van der Waals surface area contributed by atoms with E-state index in [0.29, 0.717) is 5.69 Å². The first-order valence-electron chi connectivity index (χ1n) is 5.42. The average molecular weight is 249 g/mol. The highest BCUT2D eigenvalue weighted by atomic mass is 16.6. The van der Waals surface area contributed by atoms with E-state index in [4.69, 9.17) is 5.26 Å². The van der Waals surface area contributed by atoms with Crippen LogP contribution in [0.3, 0.4) is 0 Å². The van der Waals surface area contributed by atoms with Gasteiger partial charge in [0, 0.05) is 11.8 Å². The number of anilines is 1. The Morgan fingerprint density at radius 1 is 1.56 bits per heavy atom. The zero-order chi connectivity index (χ0) is 13.9. The summed E-state index contributed by atoms with van der Waals surface area (Å²) in [6.45, 7) is 5.19. The van der Waals surface area contributed by atoms with Gasteiger partial charge in [0.05, 0.1) is 16.6 Å². The van der Waals surface area contributed by atoms with Gasteiger partial charge in [-0.2, -0.15) is 5.26 Å². The number of nitrogens with zero attached hydrogens (tertiary/aromatic N) is 2. The summed E-state index contributed by atoms with van der Waals surface area (Å²) >= 11 is 0. The zero-order valence-corrected chi connectivity index (χ0v) is 10.5. The van der Waals surface area contributed by atoms with Crippen LogP contribution in [0.15, 0.2) is 18.2 Å². The number of benzene rings is 1. The van der Waals surface area contributed by atoms with E-state index in [9.17, 15) is 15.2 Å². The third-order valence-corrected chi connectivity index (χ3v) is 2.83. The monoisotopic (exact) mass is 249 g/mol. The summed E-state index contributed by atoms with van der Waals surface area (Å²) in [7, 11) is 0. The molecule has 0 amide bonds. The van der Waals surface area contributed by atoms with Gasteiger partial charge in [0.1, 0.15) is 11.6 Å². The molecule has 0 aliphatic rings. The Kier molecular flexibility index (Phi) is 3.89. The first-order valence-corrected chi connectivity index (χ1v) is 5.42. The van der Waals surface area contributed by atoms with Crippen molar-refractivity contribution < 1.29 is 10.0 Å². The Morgan fingerprint density at radius 2 is 2.17 bits per heavy atom. The molecule has 0 saturated heterocycles. The second-order valence-corrected chi connectivity index (χ2v) is 4.62. The Hall–Kier alpha value is -2.13. The maximum atomic E-state index is 10.8. The molecule has 0 aliphatic heterocycles. The van der Waals surface area contributed by atoms with Gasteiger partial charge < -0.3 is 10.4 Å². The smallest absolute Gasteiger partial charge is 0.289 e. The van der Waals surface area contributed by atoms with E-state index in [0.717, 1.165) is 0 Å². The molecule has 0 aromatic heterocycles. The van der Waals surface area contributed by atoms with Crippen molar-refractivity contribution in [2.75, 3.05) is 5.32 Å². The van der Waals surface area contributed by atoms with Crippen LogP contribution < -0.4 is 5.32 Å². The molecule has 0 heterocycles. The molecule has 6 nitrogen and oxygen atoms in total. The van der Waals surface area contributed by atoms with Crippen LogP contribution in [0, 0.1) is 21.4 Å². The predicted octanol–water partition coefficient (Wildman–Crippen LogP) is 2.04. The summed E-state index contributed by atoms with van der Waals surface area (Å²) in [5, 5.41) is 32.1. The fourth-order valence-electron chi connectivity index (χ4n) is 1.33. The fourth-order valence-corrected chi connectivity index (χ4v) is 1.33. The van der Waals surface area contributed by atoms with Crippen molar-refractivity contribution in [2.45, 2.75) is 32.4 Å². The molecule has 1 rings (SSSR count). The number of aliphatic hydroxyl groups excluding tert-OH is 1. The van der Waals surface area contributed by atoms with E-state index in [1.54, 1.807) is 32.9 Å². The highest BCUT2D eigenvalue weighted by Crippen LogP contribution is 2.25. The minimum Gasteiger partial charge on any atom is -0.391 e. The molecule has 0 radical (unpaired) electrons. The summed E-state index contributed by atoms with van der Waals surface area (Å²) in [6.07, 6.45) is -0.632.